The number of furan rings is 1. The number of alkyl halides is 1. The fraction of sp³-hybridized carbons (Fsp3) is 0.444. The maximum absolute atomic E-state index is 11.2. The molecule has 2 unspecified atom stereocenters. The molecule has 1 amide bonds. The zero-order valence-electron chi connectivity index (χ0n) is 7.58. The summed E-state index contributed by atoms with van der Waals surface area (Å²) in [6.45, 7) is 3.66. The van der Waals surface area contributed by atoms with Crippen molar-refractivity contribution in [1.82, 2.24) is 5.32 Å². The lowest BCUT2D eigenvalue weighted by Gasteiger charge is -2.12. The zero-order chi connectivity index (χ0) is 9.84. The molecule has 1 heterocycles. The monoisotopic (exact) mass is 245 g/mol. The first kappa shape index (κ1) is 10.3. The topological polar surface area (TPSA) is 42.2 Å². The second-order valence-electron chi connectivity index (χ2n) is 2.86. The number of rotatable bonds is 3. The summed E-state index contributed by atoms with van der Waals surface area (Å²) in [4.78, 5) is 11.1. The van der Waals surface area contributed by atoms with E-state index in [2.05, 4.69) is 21.2 Å². The summed E-state index contributed by atoms with van der Waals surface area (Å²) >= 11 is 3.19. The molecule has 0 bridgehead atoms. The molecule has 0 aliphatic rings. The normalized spacial score (nSPS) is 15.0. The van der Waals surface area contributed by atoms with Gasteiger partial charge in [0, 0.05) is 0 Å². The van der Waals surface area contributed by atoms with E-state index in [1.807, 2.05) is 13.0 Å². The lowest BCUT2D eigenvalue weighted by molar-refractivity contribution is -0.120. The lowest BCUT2D eigenvalue weighted by atomic mass is 10.2. The number of hydrogen-bond acceptors (Lipinski definition) is 2. The van der Waals surface area contributed by atoms with Crippen LogP contribution in [-0.4, -0.2) is 10.7 Å². The van der Waals surface area contributed by atoms with E-state index in [4.69, 9.17) is 4.42 Å². The highest BCUT2D eigenvalue weighted by Gasteiger charge is 2.14. The molecule has 4 heteroatoms. The highest BCUT2D eigenvalue weighted by atomic mass is 79.9. The van der Waals surface area contributed by atoms with E-state index in [1.54, 1.807) is 19.3 Å². The van der Waals surface area contributed by atoms with Gasteiger partial charge in [-0.25, -0.2) is 0 Å². The Bertz CT molecular complexity index is 269. The van der Waals surface area contributed by atoms with E-state index in [0.29, 0.717) is 0 Å². The molecule has 3 nitrogen and oxygen atoms in total. The first-order valence-corrected chi connectivity index (χ1v) is 5.00. The molecule has 1 aromatic rings. The van der Waals surface area contributed by atoms with Crippen LogP contribution in [0, 0.1) is 0 Å². The number of nitrogens with one attached hydrogen (secondary N) is 1. The van der Waals surface area contributed by atoms with E-state index < -0.39 is 0 Å². The molecule has 13 heavy (non-hydrogen) atoms. The van der Waals surface area contributed by atoms with Crippen LogP contribution >= 0.6 is 15.9 Å². The molecule has 72 valence electrons. The third-order valence-corrected chi connectivity index (χ3v) is 2.11. The van der Waals surface area contributed by atoms with E-state index in [0.717, 1.165) is 5.76 Å². The van der Waals surface area contributed by atoms with E-state index in [9.17, 15) is 4.79 Å². The van der Waals surface area contributed by atoms with Crippen molar-refractivity contribution in [3.8, 4) is 0 Å². The van der Waals surface area contributed by atoms with Gasteiger partial charge in [0.15, 0.2) is 0 Å². The van der Waals surface area contributed by atoms with Gasteiger partial charge in [-0.3, -0.25) is 4.79 Å². The molecular formula is C9H12BrNO2. The van der Waals surface area contributed by atoms with Gasteiger partial charge in [-0.15, -0.1) is 0 Å². The van der Waals surface area contributed by atoms with Crippen molar-refractivity contribution in [3.05, 3.63) is 24.2 Å². The van der Waals surface area contributed by atoms with Gasteiger partial charge < -0.3 is 9.73 Å². The van der Waals surface area contributed by atoms with Gasteiger partial charge >= 0.3 is 0 Å². The van der Waals surface area contributed by atoms with Gasteiger partial charge in [-0.05, 0) is 26.0 Å². The first-order valence-electron chi connectivity index (χ1n) is 4.09. The van der Waals surface area contributed by atoms with Crippen molar-refractivity contribution in [2.75, 3.05) is 0 Å². The van der Waals surface area contributed by atoms with Crippen LogP contribution < -0.4 is 5.32 Å². The molecule has 0 aliphatic heterocycles. The minimum atomic E-state index is -0.176. The maximum Gasteiger partial charge on any atom is 0.234 e. The molecule has 0 saturated heterocycles. The SMILES string of the molecule is CC(Br)C(=O)NC(C)c1ccco1. The van der Waals surface area contributed by atoms with Gasteiger partial charge in [0.05, 0.1) is 17.1 Å². The standard InChI is InChI=1S/C9H12BrNO2/c1-6(10)9(12)11-7(2)8-4-3-5-13-8/h3-7H,1-2H3,(H,11,12). The summed E-state index contributed by atoms with van der Waals surface area (Å²) in [6, 6.07) is 3.56. The Morgan fingerprint density at radius 3 is 2.77 bits per heavy atom. The van der Waals surface area contributed by atoms with Gasteiger partial charge in [0.25, 0.3) is 0 Å². The van der Waals surface area contributed by atoms with Crippen molar-refractivity contribution < 1.29 is 9.21 Å². The van der Waals surface area contributed by atoms with Gasteiger partial charge in [0.1, 0.15) is 5.76 Å². The van der Waals surface area contributed by atoms with Gasteiger partial charge in [0.2, 0.25) is 5.91 Å². The smallest absolute Gasteiger partial charge is 0.234 e. The molecular weight excluding hydrogens is 234 g/mol. The predicted octanol–water partition coefficient (Wildman–Crippen LogP) is 2.24. The third-order valence-electron chi connectivity index (χ3n) is 1.69. The number of amides is 1. The molecule has 0 fully saturated rings. The number of carbonyl (C=O) groups excluding carboxylic acids is 1. The van der Waals surface area contributed by atoms with Crippen LogP contribution in [0.2, 0.25) is 0 Å². The molecule has 1 N–H and O–H groups in total. The van der Waals surface area contributed by atoms with E-state index in [-0.39, 0.29) is 16.8 Å². The Morgan fingerprint density at radius 2 is 2.31 bits per heavy atom. The Hall–Kier alpha value is -0.770. The Balaban J connectivity index is 2.51. The molecule has 0 aliphatic carbocycles. The molecule has 0 radical (unpaired) electrons. The highest BCUT2D eigenvalue weighted by Crippen LogP contribution is 2.12. The third kappa shape index (κ3) is 2.88. The Kier molecular flexibility index (Phi) is 3.54. The molecule has 0 spiro atoms. The van der Waals surface area contributed by atoms with Crippen molar-refractivity contribution in [2.45, 2.75) is 24.7 Å². The fourth-order valence-corrected chi connectivity index (χ4v) is 1.07. The Labute approximate surface area is 85.6 Å². The number of carbonyl (C=O) groups is 1. The summed E-state index contributed by atoms with van der Waals surface area (Å²) in [6.07, 6.45) is 1.59. The minimum absolute atomic E-state index is 0.0381. The van der Waals surface area contributed by atoms with Crippen LogP contribution in [0.5, 0.6) is 0 Å². The second-order valence-corrected chi connectivity index (χ2v) is 4.24. The lowest BCUT2D eigenvalue weighted by Crippen LogP contribution is -2.31. The largest absolute Gasteiger partial charge is 0.467 e. The zero-order valence-corrected chi connectivity index (χ0v) is 9.17. The van der Waals surface area contributed by atoms with Crippen molar-refractivity contribution in [2.24, 2.45) is 0 Å². The second kappa shape index (κ2) is 4.46. The van der Waals surface area contributed by atoms with E-state index >= 15 is 0 Å². The first-order chi connectivity index (χ1) is 6.11. The average Bonchev–Trinajstić information content (AvgIpc) is 2.55. The van der Waals surface area contributed by atoms with Crippen LogP contribution in [0.1, 0.15) is 25.6 Å². The number of halogens is 1. The number of hydrogen-bond donors (Lipinski definition) is 1. The van der Waals surface area contributed by atoms with Crippen LogP contribution in [0.15, 0.2) is 22.8 Å². The predicted molar refractivity (Wildman–Crippen MR) is 53.7 cm³/mol. The molecule has 0 saturated carbocycles. The van der Waals surface area contributed by atoms with Gasteiger partial charge in [-0.2, -0.15) is 0 Å². The molecule has 2 atom stereocenters. The van der Waals surface area contributed by atoms with Crippen molar-refractivity contribution in [3.63, 3.8) is 0 Å². The molecule has 1 aromatic heterocycles. The minimum Gasteiger partial charge on any atom is -0.467 e. The maximum atomic E-state index is 11.2. The summed E-state index contributed by atoms with van der Waals surface area (Å²) in [5, 5.41) is 2.80. The summed E-state index contributed by atoms with van der Waals surface area (Å²) in [5.41, 5.74) is 0. The summed E-state index contributed by atoms with van der Waals surface area (Å²) < 4.78 is 5.15. The van der Waals surface area contributed by atoms with Crippen molar-refractivity contribution >= 4 is 21.8 Å². The van der Waals surface area contributed by atoms with Gasteiger partial charge in [-0.1, -0.05) is 15.9 Å². The van der Waals surface area contributed by atoms with Crippen LogP contribution in [0.4, 0.5) is 0 Å². The van der Waals surface area contributed by atoms with Crippen LogP contribution in [0.25, 0.3) is 0 Å². The summed E-state index contributed by atoms with van der Waals surface area (Å²) in [7, 11) is 0. The fourth-order valence-electron chi connectivity index (χ4n) is 0.937. The quantitative estimate of drug-likeness (QED) is 0.831. The van der Waals surface area contributed by atoms with E-state index in [1.165, 1.54) is 0 Å². The van der Waals surface area contributed by atoms with Crippen LogP contribution in [0.3, 0.4) is 0 Å². The van der Waals surface area contributed by atoms with Crippen LogP contribution in [-0.2, 0) is 4.79 Å². The Morgan fingerprint density at radius 1 is 1.62 bits per heavy atom. The average molecular weight is 246 g/mol. The highest BCUT2D eigenvalue weighted by molar-refractivity contribution is 9.10. The van der Waals surface area contributed by atoms with Crippen molar-refractivity contribution in [1.29, 1.82) is 0 Å². The summed E-state index contributed by atoms with van der Waals surface area (Å²) in [5.74, 6) is 0.727. The molecule has 1 rings (SSSR count). The molecule has 0 aromatic carbocycles.